The number of aromatic nitrogens is 2. The van der Waals surface area contributed by atoms with Gasteiger partial charge in [-0.2, -0.15) is 4.98 Å². The number of aryl methyl sites for hydroxylation is 1. The van der Waals surface area contributed by atoms with Crippen molar-refractivity contribution in [2.45, 2.75) is 26.8 Å². The molecule has 1 amide bonds. The highest BCUT2D eigenvalue weighted by Crippen LogP contribution is 2.30. The summed E-state index contributed by atoms with van der Waals surface area (Å²) >= 11 is 1.59. The highest BCUT2D eigenvalue weighted by atomic mass is 32.1. The maximum atomic E-state index is 11.5. The van der Waals surface area contributed by atoms with Crippen LogP contribution in [0.15, 0.2) is 6.07 Å². The lowest BCUT2D eigenvalue weighted by Gasteiger charge is -2.20. The monoisotopic (exact) mass is 293 g/mol. The molecule has 2 aromatic heterocycles. The second-order valence-electron chi connectivity index (χ2n) is 4.99. The largest absolute Gasteiger partial charge is 0.368 e. The molecule has 0 radical (unpaired) electrons. The molecule has 0 aromatic carbocycles. The van der Waals surface area contributed by atoms with Gasteiger partial charge in [-0.25, -0.2) is 4.98 Å². The van der Waals surface area contributed by atoms with Gasteiger partial charge in [-0.3, -0.25) is 4.79 Å². The summed E-state index contributed by atoms with van der Waals surface area (Å²) < 4.78 is 0. The van der Waals surface area contributed by atoms with Crippen LogP contribution >= 0.6 is 11.3 Å². The maximum Gasteiger partial charge on any atom is 0.240 e. The first-order chi connectivity index (χ1) is 9.42. The predicted molar refractivity (Wildman–Crippen MR) is 83.1 cm³/mol. The lowest BCUT2D eigenvalue weighted by Crippen LogP contribution is -2.39. The van der Waals surface area contributed by atoms with Crippen molar-refractivity contribution in [1.29, 1.82) is 0 Å². The van der Waals surface area contributed by atoms with E-state index in [1.807, 2.05) is 26.8 Å². The van der Waals surface area contributed by atoms with E-state index in [1.54, 1.807) is 18.4 Å². The Kier molecular flexibility index (Phi) is 4.08. The van der Waals surface area contributed by atoms with Gasteiger partial charge in [0.05, 0.1) is 5.39 Å². The Bertz CT molecular complexity index is 637. The van der Waals surface area contributed by atoms with E-state index < -0.39 is 6.04 Å². The number of nitrogens with one attached hydrogen (secondary N) is 2. The number of anilines is 2. The van der Waals surface area contributed by atoms with Gasteiger partial charge in [0.25, 0.3) is 0 Å². The molecule has 0 aliphatic rings. The molecule has 2 heterocycles. The third kappa shape index (κ3) is 2.82. The number of amides is 1. The molecule has 2 aromatic rings. The fourth-order valence-corrected chi connectivity index (χ4v) is 2.86. The van der Waals surface area contributed by atoms with Gasteiger partial charge < -0.3 is 16.4 Å². The molecule has 1 unspecified atom stereocenters. The van der Waals surface area contributed by atoms with Gasteiger partial charge in [-0.05, 0) is 18.9 Å². The van der Waals surface area contributed by atoms with E-state index in [1.165, 1.54) is 0 Å². The van der Waals surface area contributed by atoms with Gasteiger partial charge in [0.15, 0.2) is 0 Å². The Morgan fingerprint density at radius 2 is 2.10 bits per heavy atom. The first kappa shape index (κ1) is 14.5. The minimum Gasteiger partial charge on any atom is -0.368 e. The zero-order valence-electron chi connectivity index (χ0n) is 12.0. The molecule has 0 bridgehead atoms. The Morgan fingerprint density at radius 1 is 1.40 bits per heavy atom. The van der Waals surface area contributed by atoms with Crippen LogP contribution in [0.4, 0.5) is 11.8 Å². The van der Waals surface area contributed by atoms with Gasteiger partial charge in [0, 0.05) is 11.9 Å². The Balaban J connectivity index is 2.48. The summed E-state index contributed by atoms with van der Waals surface area (Å²) in [6.45, 7) is 5.90. The first-order valence-corrected chi connectivity index (χ1v) is 7.25. The van der Waals surface area contributed by atoms with E-state index >= 15 is 0 Å². The van der Waals surface area contributed by atoms with Crippen molar-refractivity contribution in [1.82, 2.24) is 9.97 Å². The number of fused-ring (bicyclic) bond motifs is 1. The van der Waals surface area contributed by atoms with Crippen LogP contribution in [0.1, 0.15) is 18.7 Å². The molecule has 108 valence electrons. The minimum atomic E-state index is -0.460. The molecular weight excluding hydrogens is 274 g/mol. The van der Waals surface area contributed by atoms with E-state index in [0.717, 1.165) is 15.1 Å². The van der Waals surface area contributed by atoms with Crippen molar-refractivity contribution in [3.05, 3.63) is 10.9 Å². The molecule has 6 nitrogen and oxygen atoms in total. The summed E-state index contributed by atoms with van der Waals surface area (Å²) in [5.74, 6) is 0.857. The fourth-order valence-electron chi connectivity index (χ4n) is 1.98. The Hall–Kier alpha value is -1.89. The highest BCUT2D eigenvalue weighted by Gasteiger charge is 2.21. The van der Waals surface area contributed by atoms with Crippen LogP contribution in [0, 0.1) is 12.8 Å². The van der Waals surface area contributed by atoms with E-state index in [9.17, 15) is 4.79 Å². The molecule has 1 atom stereocenters. The molecule has 0 aliphatic heterocycles. The predicted octanol–water partition coefficient (Wildman–Crippen LogP) is 1.96. The third-order valence-electron chi connectivity index (χ3n) is 3.00. The molecule has 0 saturated carbocycles. The Labute approximate surface area is 121 Å². The topological polar surface area (TPSA) is 92.9 Å². The molecule has 2 rings (SSSR count). The molecule has 0 saturated heterocycles. The zero-order valence-corrected chi connectivity index (χ0v) is 12.8. The minimum absolute atomic E-state index is 0.0790. The van der Waals surface area contributed by atoms with Gasteiger partial charge >= 0.3 is 0 Å². The number of hydrogen-bond acceptors (Lipinski definition) is 6. The summed E-state index contributed by atoms with van der Waals surface area (Å²) in [4.78, 5) is 22.4. The van der Waals surface area contributed by atoms with Gasteiger partial charge in [0.1, 0.15) is 16.7 Å². The lowest BCUT2D eigenvalue weighted by atomic mass is 10.0. The number of nitrogens with two attached hydrogens (primary N) is 1. The summed E-state index contributed by atoms with van der Waals surface area (Å²) in [5.41, 5.74) is 5.45. The van der Waals surface area contributed by atoms with Gasteiger partial charge in [-0.15, -0.1) is 11.3 Å². The number of thiophene rings is 1. The fraction of sp³-hybridized carbons (Fsp3) is 0.462. The highest BCUT2D eigenvalue weighted by molar-refractivity contribution is 7.18. The second kappa shape index (κ2) is 5.62. The number of nitrogens with zero attached hydrogens (tertiary/aromatic N) is 2. The standard InChI is InChI=1S/C13H19N5OS/c1-6(2)9(10(14)19)16-11-8-5-7(3)20-12(8)18-13(15-4)17-11/h5-6,9H,1-4H3,(H2,14,19)(H2,15,16,17,18). The number of rotatable bonds is 5. The average Bonchev–Trinajstić information content (AvgIpc) is 2.74. The van der Waals surface area contributed by atoms with Gasteiger partial charge in [-0.1, -0.05) is 13.8 Å². The van der Waals surface area contributed by atoms with Crippen molar-refractivity contribution in [2.24, 2.45) is 11.7 Å². The molecule has 0 fully saturated rings. The van der Waals surface area contributed by atoms with Crippen LogP contribution in [0.5, 0.6) is 0 Å². The number of carbonyl (C=O) groups is 1. The quantitative estimate of drug-likeness (QED) is 0.783. The average molecular weight is 293 g/mol. The first-order valence-electron chi connectivity index (χ1n) is 6.44. The van der Waals surface area contributed by atoms with E-state index in [-0.39, 0.29) is 11.8 Å². The SMILES string of the molecule is CNc1nc(NC(C(N)=O)C(C)C)c2cc(C)sc2n1. The smallest absolute Gasteiger partial charge is 0.240 e. The van der Waals surface area contributed by atoms with Crippen LogP contribution in [-0.2, 0) is 4.79 Å². The number of hydrogen-bond donors (Lipinski definition) is 3. The Morgan fingerprint density at radius 3 is 2.65 bits per heavy atom. The normalized spacial score (nSPS) is 12.7. The summed E-state index contributed by atoms with van der Waals surface area (Å²) in [6, 6.07) is 1.55. The van der Waals surface area contributed by atoms with Crippen molar-refractivity contribution in [3.63, 3.8) is 0 Å². The van der Waals surface area contributed by atoms with Crippen LogP contribution in [-0.4, -0.2) is 29.0 Å². The van der Waals surface area contributed by atoms with Crippen LogP contribution < -0.4 is 16.4 Å². The molecule has 7 heteroatoms. The second-order valence-corrected chi connectivity index (χ2v) is 6.22. The maximum absolute atomic E-state index is 11.5. The molecule has 0 spiro atoms. The van der Waals surface area contributed by atoms with Crippen LogP contribution in [0.2, 0.25) is 0 Å². The summed E-state index contributed by atoms with van der Waals surface area (Å²) in [7, 11) is 1.76. The summed E-state index contributed by atoms with van der Waals surface area (Å²) in [6.07, 6.45) is 0. The van der Waals surface area contributed by atoms with Gasteiger partial charge in [0.2, 0.25) is 11.9 Å². The van der Waals surface area contributed by atoms with Crippen molar-refractivity contribution < 1.29 is 4.79 Å². The zero-order chi connectivity index (χ0) is 14.9. The van der Waals surface area contributed by atoms with Crippen LogP contribution in [0.3, 0.4) is 0 Å². The molecular formula is C13H19N5OS. The lowest BCUT2D eigenvalue weighted by molar-refractivity contribution is -0.119. The number of carbonyl (C=O) groups excluding carboxylic acids is 1. The van der Waals surface area contributed by atoms with Crippen molar-refractivity contribution in [2.75, 3.05) is 17.7 Å². The molecule has 20 heavy (non-hydrogen) atoms. The molecule has 4 N–H and O–H groups in total. The van der Waals surface area contributed by atoms with Crippen molar-refractivity contribution in [3.8, 4) is 0 Å². The summed E-state index contributed by atoms with van der Waals surface area (Å²) in [5, 5.41) is 6.99. The number of primary amides is 1. The van der Waals surface area contributed by atoms with E-state index in [0.29, 0.717) is 11.8 Å². The molecule has 0 aliphatic carbocycles. The van der Waals surface area contributed by atoms with E-state index in [4.69, 9.17) is 5.73 Å². The van der Waals surface area contributed by atoms with Crippen LogP contribution in [0.25, 0.3) is 10.2 Å². The third-order valence-corrected chi connectivity index (χ3v) is 3.95. The van der Waals surface area contributed by atoms with Crippen molar-refractivity contribution >= 4 is 39.2 Å². The van der Waals surface area contributed by atoms with E-state index in [2.05, 4.69) is 20.6 Å².